The third-order valence-electron chi connectivity index (χ3n) is 3.06. The summed E-state index contributed by atoms with van der Waals surface area (Å²) in [6.45, 7) is 0. The number of hydrogen-bond acceptors (Lipinski definition) is 4. The van der Waals surface area contributed by atoms with E-state index >= 15 is 0 Å². The molecule has 0 unspecified atom stereocenters. The quantitative estimate of drug-likeness (QED) is 0.515. The Morgan fingerprint density at radius 1 is 1.21 bits per heavy atom. The van der Waals surface area contributed by atoms with E-state index < -0.39 is 11.7 Å². The van der Waals surface area contributed by atoms with Crippen LogP contribution in [0.3, 0.4) is 0 Å². The number of aromatic nitrogens is 2. The van der Waals surface area contributed by atoms with Gasteiger partial charge in [-0.15, -0.1) is 11.3 Å². The van der Waals surface area contributed by atoms with Crippen LogP contribution in [0, 0.1) is 0 Å². The highest BCUT2D eigenvalue weighted by molar-refractivity contribution is 7.14. The van der Waals surface area contributed by atoms with Crippen LogP contribution >= 0.6 is 22.9 Å². The maximum absolute atomic E-state index is 12.7. The second-order valence-electron chi connectivity index (χ2n) is 4.86. The van der Waals surface area contributed by atoms with E-state index in [-0.39, 0.29) is 5.69 Å². The van der Waals surface area contributed by atoms with Crippen molar-refractivity contribution in [3.05, 3.63) is 58.7 Å². The number of thiazole rings is 1. The molecule has 0 fully saturated rings. The molecule has 0 aliphatic heterocycles. The molecule has 0 atom stereocenters. The molecule has 2 heterocycles. The van der Waals surface area contributed by atoms with E-state index in [9.17, 15) is 18.4 Å². The smallest absolute Gasteiger partial charge is 0.332 e. The number of nitrogens with zero attached hydrogens (tertiary/aromatic N) is 2. The van der Waals surface area contributed by atoms with Gasteiger partial charge in [-0.2, -0.15) is 13.2 Å². The highest BCUT2D eigenvalue weighted by Gasteiger charge is 2.30. The number of alkyl halides is 3. The lowest BCUT2D eigenvalue weighted by atomic mass is 10.2. The van der Waals surface area contributed by atoms with E-state index in [0.29, 0.717) is 21.4 Å². The van der Waals surface area contributed by atoms with Crippen LogP contribution in [0.4, 0.5) is 24.0 Å². The van der Waals surface area contributed by atoms with Crippen molar-refractivity contribution in [3.63, 3.8) is 0 Å². The first-order valence-corrected chi connectivity index (χ1v) is 7.88. The topological polar surface area (TPSA) is 49.0 Å². The van der Waals surface area contributed by atoms with Crippen LogP contribution in [0.5, 0.6) is 0 Å². The van der Waals surface area contributed by atoms with Crippen molar-refractivity contribution < 1.29 is 23.1 Å². The number of rotatable bonds is 3. The average Bonchev–Trinajstić information content (AvgIpc) is 2.94. The third kappa shape index (κ3) is 3.77. The monoisotopic (exact) mass is 372 g/mol. The molecule has 2 N–H and O–H groups in total. The van der Waals surface area contributed by atoms with Gasteiger partial charge >= 0.3 is 6.18 Å². The van der Waals surface area contributed by atoms with E-state index in [1.807, 2.05) is 0 Å². The van der Waals surface area contributed by atoms with E-state index in [4.69, 9.17) is 11.6 Å². The lowest BCUT2D eigenvalue weighted by molar-refractivity contribution is -0.904. The summed E-state index contributed by atoms with van der Waals surface area (Å²) in [4.78, 5) is 4.29. The Balaban J connectivity index is 1.84. The Bertz CT molecular complexity index is 862. The fraction of sp³-hybridized carbons (Fsp3) is 0.0667. The summed E-state index contributed by atoms with van der Waals surface area (Å²) in [5, 5.41) is 14.8. The van der Waals surface area contributed by atoms with Crippen LogP contribution in [0.1, 0.15) is 5.56 Å². The Morgan fingerprint density at radius 2 is 2.00 bits per heavy atom. The molecular formula is C15H10ClF3N3OS+. The summed E-state index contributed by atoms with van der Waals surface area (Å²) < 4.78 is 39.0. The van der Waals surface area contributed by atoms with Crippen molar-refractivity contribution in [2.75, 3.05) is 5.32 Å². The Morgan fingerprint density at radius 3 is 2.71 bits per heavy atom. The van der Waals surface area contributed by atoms with E-state index in [0.717, 1.165) is 16.9 Å². The van der Waals surface area contributed by atoms with Crippen molar-refractivity contribution in [2.45, 2.75) is 6.18 Å². The van der Waals surface area contributed by atoms with Gasteiger partial charge in [0.05, 0.1) is 16.8 Å². The van der Waals surface area contributed by atoms with Gasteiger partial charge in [-0.25, -0.2) is 4.98 Å². The predicted octanol–water partition coefficient (Wildman–Crippen LogP) is 4.75. The van der Waals surface area contributed by atoms with Crippen LogP contribution in [0.25, 0.3) is 11.3 Å². The highest BCUT2D eigenvalue weighted by Crippen LogP contribution is 2.32. The molecule has 0 radical (unpaired) electrons. The van der Waals surface area contributed by atoms with Gasteiger partial charge in [0.1, 0.15) is 5.02 Å². The Hall–Kier alpha value is -2.32. The van der Waals surface area contributed by atoms with E-state index in [1.165, 1.54) is 35.9 Å². The summed E-state index contributed by atoms with van der Waals surface area (Å²) >= 11 is 7.10. The van der Waals surface area contributed by atoms with Crippen molar-refractivity contribution in [1.29, 1.82) is 0 Å². The van der Waals surface area contributed by atoms with Crippen LogP contribution in [0.15, 0.2) is 48.1 Å². The van der Waals surface area contributed by atoms with Gasteiger partial charge in [0.25, 0.3) is 0 Å². The zero-order valence-electron chi connectivity index (χ0n) is 11.9. The summed E-state index contributed by atoms with van der Waals surface area (Å²) in [5.74, 6) is 0. The first-order valence-electron chi connectivity index (χ1n) is 6.62. The molecule has 0 amide bonds. The highest BCUT2D eigenvalue weighted by atomic mass is 35.5. The van der Waals surface area contributed by atoms with Gasteiger partial charge in [0.15, 0.2) is 5.13 Å². The standard InChI is InChI=1S/C15H10ClF3N3OS/c16-11-4-9(6-22(23)7-11)13-8-24-14(21-13)20-12-3-1-2-10(5-12)15(17,18)19/h1-8,23H,(H,20,21)/q+1. The molecule has 0 aliphatic rings. The minimum Gasteiger partial charge on any atom is -0.332 e. The fourth-order valence-corrected chi connectivity index (χ4v) is 2.99. The molecule has 3 aromatic rings. The zero-order valence-corrected chi connectivity index (χ0v) is 13.5. The molecule has 1 aromatic carbocycles. The predicted molar refractivity (Wildman–Crippen MR) is 84.7 cm³/mol. The lowest BCUT2D eigenvalue weighted by Crippen LogP contribution is -2.28. The van der Waals surface area contributed by atoms with Crippen molar-refractivity contribution in [1.82, 2.24) is 4.98 Å². The van der Waals surface area contributed by atoms with Crippen molar-refractivity contribution in [2.24, 2.45) is 0 Å². The largest absolute Gasteiger partial charge is 0.416 e. The van der Waals surface area contributed by atoms with Crippen LogP contribution in [-0.4, -0.2) is 10.2 Å². The zero-order chi connectivity index (χ0) is 17.3. The molecule has 2 aromatic heterocycles. The molecule has 124 valence electrons. The van der Waals surface area contributed by atoms with Crippen LogP contribution < -0.4 is 10.0 Å². The third-order valence-corrected chi connectivity index (χ3v) is 4.03. The summed E-state index contributed by atoms with van der Waals surface area (Å²) in [6, 6.07) is 6.49. The minimum absolute atomic E-state index is 0.286. The number of pyridine rings is 1. The van der Waals surface area contributed by atoms with E-state index in [1.54, 1.807) is 11.4 Å². The van der Waals surface area contributed by atoms with Gasteiger partial charge in [0, 0.05) is 15.8 Å². The molecule has 3 rings (SSSR count). The van der Waals surface area contributed by atoms with Gasteiger partial charge in [-0.3, -0.25) is 5.21 Å². The molecule has 0 aliphatic carbocycles. The number of nitrogens with one attached hydrogen (secondary N) is 1. The first-order chi connectivity index (χ1) is 11.3. The SMILES string of the molecule is O[n+]1cc(Cl)cc(-c2csc(Nc3cccc(C(F)(F)F)c3)n2)c1. The van der Waals surface area contributed by atoms with Gasteiger partial charge < -0.3 is 5.32 Å². The lowest BCUT2D eigenvalue weighted by Gasteiger charge is -2.08. The number of anilines is 2. The normalized spacial score (nSPS) is 11.5. The molecule has 0 saturated carbocycles. The second kappa shape index (κ2) is 6.29. The van der Waals surface area contributed by atoms with Crippen LogP contribution in [-0.2, 0) is 6.18 Å². The molecule has 24 heavy (non-hydrogen) atoms. The molecule has 0 bridgehead atoms. The molecule has 0 spiro atoms. The van der Waals surface area contributed by atoms with Gasteiger partial charge in [0.2, 0.25) is 12.4 Å². The molecule has 9 heteroatoms. The summed E-state index contributed by atoms with van der Waals surface area (Å²) in [5.41, 5.74) is 0.674. The minimum atomic E-state index is -4.40. The number of benzene rings is 1. The molecule has 4 nitrogen and oxygen atoms in total. The van der Waals surface area contributed by atoms with Crippen LogP contribution in [0.2, 0.25) is 5.02 Å². The van der Waals surface area contributed by atoms with Gasteiger partial charge in [-0.05, 0) is 24.3 Å². The van der Waals surface area contributed by atoms with E-state index in [2.05, 4.69) is 10.3 Å². The first kappa shape index (κ1) is 16.5. The second-order valence-corrected chi connectivity index (χ2v) is 6.16. The number of halogens is 4. The number of hydrogen-bond donors (Lipinski definition) is 2. The van der Waals surface area contributed by atoms with Crippen molar-refractivity contribution >= 4 is 33.8 Å². The average molecular weight is 373 g/mol. The Kier molecular flexibility index (Phi) is 4.33. The molecular weight excluding hydrogens is 363 g/mol. The molecule has 0 saturated heterocycles. The van der Waals surface area contributed by atoms with Gasteiger partial charge in [-0.1, -0.05) is 17.7 Å². The maximum Gasteiger partial charge on any atom is 0.416 e. The van der Waals surface area contributed by atoms with Crippen molar-refractivity contribution in [3.8, 4) is 11.3 Å². The maximum atomic E-state index is 12.7. The summed E-state index contributed by atoms with van der Waals surface area (Å²) in [7, 11) is 0. The fourth-order valence-electron chi connectivity index (χ4n) is 2.03. The Labute approximate surface area is 143 Å². The summed E-state index contributed by atoms with van der Waals surface area (Å²) in [6.07, 6.45) is -1.66.